The van der Waals surface area contributed by atoms with Gasteiger partial charge in [0.05, 0.1) is 0 Å². The number of unbranched alkanes of at least 4 members (excludes halogenated alkanes) is 16. The van der Waals surface area contributed by atoms with E-state index in [2.05, 4.69) is 13.8 Å². The van der Waals surface area contributed by atoms with E-state index in [9.17, 15) is 28.8 Å². The second-order valence-electron chi connectivity index (χ2n) is 21.5. The number of allylic oxidation sites excluding steroid dienone is 18. The molecule has 0 rings (SSSR count). The minimum atomic E-state index is -0.816. The van der Waals surface area contributed by atoms with E-state index >= 15 is 0 Å². The van der Waals surface area contributed by atoms with Crippen LogP contribution in [0.1, 0.15) is 237 Å². The van der Waals surface area contributed by atoms with E-state index in [0.29, 0.717) is 12.8 Å². The summed E-state index contributed by atoms with van der Waals surface area (Å²) in [6.45, 7) is 22.6. The molecule has 0 saturated carbocycles. The quantitative estimate of drug-likeness (QED) is 0.0257. The van der Waals surface area contributed by atoms with Gasteiger partial charge in [-0.25, -0.2) is 0 Å². The molecule has 8 heteroatoms. The second-order valence-corrected chi connectivity index (χ2v) is 21.5. The van der Waals surface area contributed by atoms with Gasteiger partial charge in [-0.2, -0.15) is 0 Å². The van der Waals surface area contributed by atoms with Crippen molar-refractivity contribution in [1.29, 1.82) is 0 Å². The number of carbonyl (C=O) groups excluding carboxylic acids is 6. The zero-order valence-corrected chi connectivity index (χ0v) is 47.5. The summed E-state index contributed by atoms with van der Waals surface area (Å²) in [5, 5.41) is 0. The van der Waals surface area contributed by atoms with Crippen molar-refractivity contribution in [2.75, 3.05) is 0 Å². The third-order valence-corrected chi connectivity index (χ3v) is 12.7. The molecule has 0 fully saturated rings. The van der Waals surface area contributed by atoms with Crippen LogP contribution in [-0.2, 0) is 38.2 Å². The molecule has 0 saturated heterocycles. The minimum Gasteiger partial charge on any atom is -0.462 e. The van der Waals surface area contributed by atoms with Crippen LogP contribution in [0.15, 0.2) is 107 Å². The highest BCUT2D eigenvalue weighted by Gasteiger charge is 2.33. The molecule has 0 aromatic heterocycles. The first kappa shape index (κ1) is 67.3. The summed E-state index contributed by atoms with van der Waals surface area (Å²) in [6.07, 6.45) is 47.4. The first-order valence-corrected chi connectivity index (χ1v) is 27.7. The SMILES string of the molecule is CCCCCCCCCCCC(=O)O[C@H](CC(C)=O)CC(C)(C)C(=O)/C=C/C(C)=C/C=C/C(C)=C/C=C/C=C(C)/C=C/C=C(C)/C=C/C(=O)C(C)(C)C[C@@H](CC(C)=O)OC(=O)CCCCCCCCCCC. The highest BCUT2D eigenvalue weighted by atomic mass is 16.5. The van der Waals surface area contributed by atoms with Gasteiger partial charge in [0.15, 0.2) is 11.6 Å². The maximum atomic E-state index is 13.3. The van der Waals surface area contributed by atoms with E-state index in [-0.39, 0.29) is 60.8 Å². The molecule has 0 unspecified atom stereocenters. The molecular formula is C64H100O8. The smallest absolute Gasteiger partial charge is 0.306 e. The van der Waals surface area contributed by atoms with Crippen molar-refractivity contribution in [2.24, 2.45) is 10.8 Å². The van der Waals surface area contributed by atoms with E-state index in [1.54, 1.807) is 24.3 Å². The molecule has 0 spiro atoms. The van der Waals surface area contributed by atoms with Crippen LogP contribution < -0.4 is 0 Å². The number of esters is 2. The number of rotatable bonds is 42. The van der Waals surface area contributed by atoms with Crippen molar-refractivity contribution in [3.63, 3.8) is 0 Å². The van der Waals surface area contributed by atoms with E-state index in [1.165, 1.54) is 90.9 Å². The predicted octanol–water partition coefficient (Wildman–Crippen LogP) is 17.1. The fourth-order valence-electron chi connectivity index (χ4n) is 8.15. The summed E-state index contributed by atoms with van der Waals surface area (Å²) < 4.78 is 11.5. The third-order valence-electron chi connectivity index (χ3n) is 12.7. The zero-order valence-electron chi connectivity index (χ0n) is 47.5. The van der Waals surface area contributed by atoms with Gasteiger partial charge in [-0.1, -0.05) is 239 Å². The lowest BCUT2D eigenvalue weighted by Gasteiger charge is -2.27. The summed E-state index contributed by atoms with van der Waals surface area (Å²) >= 11 is 0. The normalized spacial score (nSPS) is 14.3. The van der Waals surface area contributed by atoms with E-state index < -0.39 is 23.0 Å². The zero-order chi connectivity index (χ0) is 54.2. The molecule has 0 amide bonds. The van der Waals surface area contributed by atoms with Crippen molar-refractivity contribution >= 4 is 35.1 Å². The maximum absolute atomic E-state index is 13.3. The molecule has 0 aliphatic carbocycles. The second kappa shape index (κ2) is 40.7. The average molecular weight is 997 g/mol. The molecule has 404 valence electrons. The van der Waals surface area contributed by atoms with E-state index in [1.807, 2.05) is 116 Å². The third kappa shape index (κ3) is 38.0. The fraction of sp³-hybridized carbons (Fsp3) is 0.625. The van der Waals surface area contributed by atoms with Gasteiger partial charge in [0, 0.05) is 36.5 Å². The Morgan fingerprint density at radius 3 is 0.958 bits per heavy atom. The first-order valence-electron chi connectivity index (χ1n) is 27.7. The Kier molecular flexibility index (Phi) is 38.1. The number of ketones is 4. The Balaban J connectivity index is 5.11. The topological polar surface area (TPSA) is 121 Å². The Bertz CT molecular complexity index is 1770. The summed E-state index contributed by atoms with van der Waals surface area (Å²) in [5.41, 5.74) is 2.27. The maximum Gasteiger partial charge on any atom is 0.306 e. The van der Waals surface area contributed by atoms with Crippen molar-refractivity contribution in [3.05, 3.63) is 107 Å². The molecule has 0 aromatic carbocycles. The first-order chi connectivity index (χ1) is 34.1. The lowest BCUT2D eigenvalue weighted by atomic mass is 9.81. The Morgan fingerprint density at radius 1 is 0.375 bits per heavy atom. The molecular weight excluding hydrogens is 897 g/mol. The van der Waals surface area contributed by atoms with Crippen molar-refractivity contribution in [1.82, 2.24) is 0 Å². The highest BCUT2D eigenvalue weighted by Crippen LogP contribution is 2.29. The van der Waals surface area contributed by atoms with Crippen molar-refractivity contribution in [2.45, 2.75) is 249 Å². The van der Waals surface area contributed by atoms with Crippen LogP contribution in [0.25, 0.3) is 0 Å². The Labute approximate surface area is 439 Å². The molecule has 0 N–H and O–H groups in total. The van der Waals surface area contributed by atoms with E-state index in [0.717, 1.165) is 60.8 Å². The lowest BCUT2D eigenvalue weighted by Crippen LogP contribution is -2.32. The van der Waals surface area contributed by atoms with Crippen LogP contribution >= 0.6 is 0 Å². The summed E-state index contributed by atoms with van der Waals surface area (Å²) in [4.78, 5) is 76.0. The van der Waals surface area contributed by atoms with Gasteiger partial charge >= 0.3 is 11.9 Å². The molecule has 2 atom stereocenters. The van der Waals surface area contributed by atoms with Gasteiger partial charge in [-0.05, 0) is 79.4 Å². The number of hydrogen-bond acceptors (Lipinski definition) is 8. The molecule has 0 heterocycles. The molecule has 8 nitrogen and oxygen atoms in total. The molecule has 0 aromatic rings. The number of ether oxygens (including phenoxy) is 2. The summed E-state index contributed by atoms with van der Waals surface area (Å²) in [5.74, 6) is -0.930. The Hall–Kier alpha value is -4.72. The molecule has 72 heavy (non-hydrogen) atoms. The molecule has 0 radical (unpaired) electrons. The number of hydrogen-bond donors (Lipinski definition) is 0. The molecule has 0 aliphatic rings. The van der Waals surface area contributed by atoms with Crippen LogP contribution in [-0.4, -0.2) is 47.3 Å². The van der Waals surface area contributed by atoms with Crippen LogP contribution in [0, 0.1) is 10.8 Å². The standard InChI is InChI=1S/C64H100O8/c1-13-15-17-19-21-23-25-27-29-41-61(69)71-57(47-55(7)65)49-63(9,10)59(67)45-43-53(5)39-33-37-51(3)35-31-32-36-52(4)38-34-40-54(6)44-46-60(68)64(11,12)50-58(48-56(8)66)72-62(70)42-30-28-26-24-22-20-18-16-14-2/h31-40,43-46,57-58H,13-30,41-42,47-50H2,1-12H3/b32-31+,37-33+,38-34+,45-43+,46-44+,51-35+,52-36+,53-39+,54-40+/t57-,58-/m1/s1. The minimum absolute atomic E-state index is 0.0723. The van der Waals surface area contributed by atoms with Gasteiger partial charge in [0.1, 0.15) is 23.8 Å². The van der Waals surface area contributed by atoms with Gasteiger partial charge in [-0.15, -0.1) is 0 Å². The number of carbonyl (C=O) groups is 6. The van der Waals surface area contributed by atoms with Gasteiger partial charge in [-0.3, -0.25) is 28.8 Å². The van der Waals surface area contributed by atoms with Crippen LogP contribution in [0.5, 0.6) is 0 Å². The molecule has 0 bridgehead atoms. The monoisotopic (exact) mass is 997 g/mol. The van der Waals surface area contributed by atoms with Crippen molar-refractivity contribution < 1.29 is 38.2 Å². The summed E-state index contributed by atoms with van der Waals surface area (Å²) in [7, 11) is 0. The number of Topliss-reactive ketones (excluding diaryl/α,β-unsaturated/α-hetero) is 2. The van der Waals surface area contributed by atoms with E-state index in [4.69, 9.17) is 9.47 Å². The summed E-state index contributed by atoms with van der Waals surface area (Å²) in [6, 6.07) is 0. The van der Waals surface area contributed by atoms with Gasteiger partial charge < -0.3 is 9.47 Å². The van der Waals surface area contributed by atoms with Gasteiger partial charge in [0.2, 0.25) is 0 Å². The van der Waals surface area contributed by atoms with Crippen molar-refractivity contribution in [3.8, 4) is 0 Å². The Morgan fingerprint density at radius 2 is 0.653 bits per heavy atom. The van der Waals surface area contributed by atoms with Crippen LogP contribution in [0.4, 0.5) is 0 Å². The highest BCUT2D eigenvalue weighted by molar-refractivity contribution is 5.95. The predicted molar refractivity (Wildman–Crippen MR) is 302 cm³/mol. The largest absolute Gasteiger partial charge is 0.462 e. The average Bonchev–Trinajstić information content (AvgIpc) is 3.29. The van der Waals surface area contributed by atoms with Crippen LogP contribution in [0.2, 0.25) is 0 Å². The van der Waals surface area contributed by atoms with Gasteiger partial charge in [0.25, 0.3) is 0 Å². The molecule has 0 aliphatic heterocycles. The lowest BCUT2D eigenvalue weighted by molar-refractivity contribution is -0.153. The fourth-order valence-corrected chi connectivity index (χ4v) is 8.15. The van der Waals surface area contributed by atoms with Crippen LogP contribution in [0.3, 0.4) is 0 Å².